The Morgan fingerprint density at radius 2 is 2.05 bits per heavy atom. The van der Waals surface area contributed by atoms with Crippen LogP contribution in [0.3, 0.4) is 0 Å². The highest BCUT2D eigenvalue weighted by Gasteiger charge is 2.12. The predicted octanol–water partition coefficient (Wildman–Crippen LogP) is 2.44. The van der Waals surface area contributed by atoms with E-state index in [1.807, 2.05) is 0 Å². The average molecular weight is 269 g/mol. The van der Waals surface area contributed by atoms with Gasteiger partial charge >= 0.3 is 0 Å². The molecule has 3 aromatic rings. The predicted molar refractivity (Wildman–Crippen MR) is 74.9 cm³/mol. The van der Waals surface area contributed by atoms with E-state index in [-0.39, 0.29) is 11.4 Å². The molecular weight excluding hydrogens is 257 g/mol. The molecule has 0 aliphatic heterocycles. The molecule has 0 saturated heterocycles. The van der Waals surface area contributed by atoms with Gasteiger partial charge in [0.25, 0.3) is 5.56 Å². The Kier molecular flexibility index (Phi) is 2.82. The molecule has 1 aromatic carbocycles. The first kappa shape index (κ1) is 12.5. The summed E-state index contributed by atoms with van der Waals surface area (Å²) >= 11 is 0. The number of halogens is 1. The van der Waals surface area contributed by atoms with Gasteiger partial charge in [-0.2, -0.15) is 0 Å². The average Bonchev–Trinajstić information content (AvgIpc) is 2.43. The van der Waals surface area contributed by atoms with Gasteiger partial charge in [-0.3, -0.25) is 9.78 Å². The summed E-state index contributed by atoms with van der Waals surface area (Å²) in [4.78, 5) is 20.8. The third kappa shape index (κ3) is 1.97. The van der Waals surface area contributed by atoms with E-state index in [9.17, 15) is 9.18 Å². The summed E-state index contributed by atoms with van der Waals surface area (Å²) in [6.45, 7) is 1.80. The fourth-order valence-electron chi connectivity index (χ4n) is 2.18. The van der Waals surface area contributed by atoms with Crippen LogP contribution >= 0.6 is 0 Å². The van der Waals surface area contributed by atoms with Crippen LogP contribution in [-0.4, -0.2) is 14.5 Å². The van der Waals surface area contributed by atoms with Crippen molar-refractivity contribution in [1.82, 2.24) is 14.5 Å². The number of hydrogen-bond acceptors (Lipinski definition) is 3. The highest BCUT2D eigenvalue weighted by molar-refractivity contribution is 5.90. The van der Waals surface area contributed by atoms with E-state index in [1.54, 1.807) is 32.2 Å². The molecule has 0 unspecified atom stereocenters. The van der Waals surface area contributed by atoms with Gasteiger partial charge in [-0.25, -0.2) is 9.37 Å². The summed E-state index contributed by atoms with van der Waals surface area (Å²) in [6.07, 6.45) is 1.45. The van der Waals surface area contributed by atoms with Crippen LogP contribution in [0.25, 0.3) is 22.2 Å². The van der Waals surface area contributed by atoms with Gasteiger partial charge in [0.15, 0.2) is 0 Å². The minimum Gasteiger partial charge on any atom is -0.302 e. The van der Waals surface area contributed by atoms with Crippen molar-refractivity contribution < 1.29 is 4.39 Å². The molecule has 0 bridgehead atoms. The van der Waals surface area contributed by atoms with Crippen LogP contribution in [0.4, 0.5) is 4.39 Å². The Hall–Kier alpha value is -2.56. The summed E-state index contributed by atoms with van der Waals surface area (Å²) in [5.74, 6) is -0.345. The molecule has 0 radical (unpaired) electrons. The molecule has 0 atom stereocenters. The van der Waals surface area contributed by atoms with Gasteiger partial charge in [-0.05, 0) is 25.1 Å². The number of aromatic nitrogens is 3. The summed E-state index contributed by atoms with van der Waals surface area (Å²) in [6, 6.07) is 7.83. The first-order valence-corrected chi connectivity index (χ1v) is 6.15. The van der Waals surface area contributed by atoms with E-state index in [4.69, 9.17) is 0 Å². The SMILES string of the molecule is Cc1cc2c(=O)n(C)cnc2c(-c2cccc(F)c2)n1. The number of hydrogen-bond donors (Lipinski definition) is 0. The molecule has 2 aromatic heterocycles. The Morgan fingerprint density at radius 3 is 2.80 bits per heavy atom. The van der Waals surface area contributed by atoms with Crippen molar-refractivity contribution in [2.75, 3.05) is 0 Å². The van der Waals surface area contributed by atoms with Crippen LogP contribution in [0.5, 0.6) is 0 Å². The maximum Gasteiger partial charge on any atom is 0.261 e. The van der Waals surface area contributed by atoms with Crippen LogP contribution in [0.15, 0.2) is 41.5 Å². The highest BCUT2D eigenvalue weighted by atomic mass is 19.1. The standard InChI is InChI=1S/C15H12FN3O/c1-9-6-12-14(17-8-19(2)15(12)20)13(18-9)10-4-3-5-11(16)7-10/h3-8H,1-2H3. The van der Waals surface area contributed by atoms with E-state index < -0.39 is 0 Å². The molecule has 0 aliphatic rings. The number of pyridine rings is 1. The molecule has 20 heavy (non-hydrogen) atoms. The fraction of sp³-hybridized carbons (Fsp3) is 0.133. The van der Waals surface area contributed by atoms with E-state index in [0.29, 0.717) is 27.9 Å². The Bertz CT molecular complexity index is 871. The molecule has 0 saturated carbocycles. The maximum absolute atomic E-state index is 13.4. The van der Waals surface area contributed by atoms with Gasteiger partial charge < -0.3 is 4.57 Å². The number of nitrogens with zero attached hydrogens (tertiary/aromatic N) is 3. The molecule has 3 rings (SSSR count). The van der Waals surface area contributed by atoms with Gasteiger partial charge in [-0.15, -0.1) is 0 Å². The van der Waals surface area contributed by atoms with Crippen molar-refractivity contribution in [2.45, 2.75) is 6.92 Å². The third-order valence-corrected chi connectivity index (χ3v) is 3.13. The minimum absolute atomic E-state index is 0.141. The molecule has 4 nitrogen and oxygen atoms in total. The van der Waals surface area contributed by atoms with Crippen molar-refractivity contribution >= 4 is 10.9 Å². The highest BCUT2D eigenvalue weighted by Crippen LogP contribution is 2.24. The molecule has 0 aliphatic carbocycles. The van der Waals surface area contributed by atoms with Crippen molar-refractivity contribution in [3.8, 4) is 11.3 Å². The second-order valence-electron chi connectivity index (χ2n) is 4.68. The first-order chi connectivity index (χ1) is 9.56. The van der Waals surface area contributed by atoms with Crippen molar-refractivity contribution in [1.29, 1.82) is 0 Å². The van der Waals surface area contributed by atoms with E-state index in [2.05, 4.69) is 9.97 Å². The van der Waals surface area contributed by atoms with Gasteiger partial charge in [0.2, 0.25) is 0 Å². The smallest absolute Gasteiger partial charge is 0.261 e. The quantitative estimate of drug-likeness (QED) is 0.681. The van der Waals surface area contributed by atoms with Crippen LogP contribution in [0, 0.1) is 12.7 Å². The number of benzene rings is 1. The molecule has 5 heteroatoms. The molecule has 2 heterocycles. The zero-order chi connectivity index (χ0) is 14.3. The summed E-state index contributed by atoms with van der Waals surface area (Å²) in [5, 5.41) is 0.488. The molecule has 0 amide bonds. The fourth-order valence-corrected chi connectivity index (χ4v) is 2.18. The summed E-state index contributed by atoms with van der Waals surface area (Å²) in [5.41, 5.74) is 2.18. The van der Waals surface area contributed by atoms with Gasteiger partial charge in [0, 0.05) is 18.3 Å². The number of rotatable bonds is 1. The normalized spacial score (nSPS) is 10.9. The lowest BCUT2D eigenvalue weighted by molar-refractivity contribution is 0.628. The van der Waals surface area contributed by atoms with E-state index in [1.165, 1.54) is 23.0 Å². The molecule has 0 spiro atoms. The first-order valence-electron chi connectivity index (χ1n) is 6.15. The zero-order valence-corrected chi connectivity index (χ0v) is 11.1. The minimum atomic E-state index is -0.345. The lowest BCUT2D eigenvalue weighted by atomic mass is 10.1. The third-order valence-electron chi connectivity index (χ3n) is 3.13. The Morgan fingerprint density at radius 1 is 1.25 bits per heavy atom. The van der Waals surface area contributed by atoms with E-state index >= 15 is 0 Å². The monoisotopic (exact) mass is 269 g/mol. The largest absolute Gasteiger partial charge is 0.302 e. The van der Waals surface area contributed by atoms with Gasteiger partial charge in [-0.1, -0.05) is 12.1 Å². The van der Waals surface area contributed by atoms with Crippen LogP contribution < -0.4 is 5.56 Å². The molecule has 0 fully saturated rings. The van der Waals surface area contributed by atoms with E-state index in [0.717, 1.165) is 0 Å². The Balaban J connectivity index is 2.42. The molecule has 100 valence electrons. The van der Waals surface area contributed by atoms with Crippen molar-refractivity contribution in [3.63, 3.8) is 0 Å². The van der Waals surface area contributed by atoms with Gasteiger partial charge in [0.1, 0.15) is 11.3 Å². The summed E-state index contributed by atoms with van der Waals surface area (Å²) in [7, 11) is 1.65. The second kappa shape index (κ2) is 4.52. The number of fused-ring (bicyclic) bond motifs is 1. The second-order valence-corrected chi connectivity index (χ2v) is 4.68. The van der Waals surface area contributed by atoms with Crippen LogP contribution in [-0.2, 0) is 7.05 Å². The lowest BCUT2D eigenvalue weighted by Gasteiger charge is -2.08. The topological polar surface area (TPSA) is 47.8 Å². The zero-order valence-electron chi connectivity index (χ0n) is 11.1. The van der Waals surface area contributed by atoms with Gasteiger partial charge in [0.05, 0.1) is 17.4 Å². The Labute approximate surface area is 114 Å². The maximum atomic E-state index is 13.4. The van der Waals surface area contributed by atoms with Crippen molar-refractivity contribution in [2.24, 2.45) is 7.05 Å². The molecular formula is C15H12FN3O. The molecule has 0 N–H and O–H groups in total. The van der Waals surface area contributed by atoms with Crippen molar-refractivity contribution in [3.05, 3.63) is 58.5 Å². The summed E-state index contributed by atoms with van der Waals surface area (Å²) < 4.78 is 14.8. The van der Waals surface area contributed by atoms with Crippen LogP contribution in [0.1, 0.15) is 5.69 Å². The lowest BCUT2D eigenvalue weighted by Crippen LogP contribution is -2.17. The number of aryl methyl sites for hydroxylation is 2. The van der Waals surface area contributed by atoms with Crippen LogP contribution in [0.2, 0.25) is 0 Å².